The molecule has 1 saturated heterocycles. The number of aromatic nitrogens is 2. The molecule has 0 N–H and O–H groups in total. The molecule has 1 aliphatic carbocycles. The number of carbonyl (C=O) groups is 1. The molecule has 1 aromatic heterocycles. The Labute approximate surface area is 167 Å². The van der Waals surface area contributed by atoms with Crippen LogP contribution in [-0.4, -0.2) is 64.9 Å². The molecule has 1 amide bonds. The van der Waals surface area contributed by atoms with Crippen molar-refractivity contribution in [3.63, 3.8) is 0 Å². The summed E-state index contributed by atoms with van der Waals surface area (Å²) in [5.74, 6) is 0.759. The number of nitrogens with zero attached hydrogens (tertiary/aromatic N) is 4. The van der Waals surface area contributed by atoms with Gasteiger partial charge in [0.25, 0.3) is 0 Å². The number of benzene rings is 1. The maximum Gasteiger partial charge on any atom is 0.226 e. The van der Waals surface area contributed by atoms with E-state index in [1.807, 2.05) is 29.6 Å². The summed E-state index contributed by atoms with van der Waals surface area (Å²) >= 11 is 0. The van der Waals surface area contributed by atoms with E-state index >= 15 is 0 Å². The third kappa shape index (κ3) is 4.45. The molecule has 1 aromatic carbocycles. The van der Waals surface area contributed by atoms with E-state index in [0.717, 1.165) is 57.2 Å². The molecular formula is C22H30N4O2. The van der Waals surface area contributed by atoms with Crippen LogP contribution >= 0.6 is 0 Å². The number of morpholine rings is 1. The summed E-state index contributed by atoms with van der Waals surface area (Å²) in [6, 6.07) is 12.5. The molecular weight excluding hydrogens is 352 g/mol. The molecule has 2 fully saturated rings. The van der Waals surface area contributed by atoms with E-state index in [1.165, 1.54) is 5.56 Å². The second kappa shape index (κ2) is 8.45. The van der Waals surface area contributed by atoms with Crippen LogP contribution in [0.2, 0.25) is 0 Å². The normalized spacial score (nSPS) is 22.2. The van der Waals surface area contributed by atoms with Crippen LogP contribution in [0.25, 0.3) is 0 Å². The quantitative estimate of drug-likeness (QED) is 0.737. The number of carbonyl (C=O) groups excluding carboxylic acids is 1. The van der Waals surface area contributed by atoms with Crippen molar-refractivity contribution in [1.29, 1.82) is 0 Å². The van der Waals surface area contributed by atoms with Crippen LogP contribution in [0, 0.1) is 12.8 Å². The van der Waals surface area contributed by atoms with Gasteiger partial charge in [0.15, 0.2) is 0 Å². The molecule has 0 radical (unpaired) electrons. The topological polar surface area (TPSA) is 50.6 Å². The average Bonchev–Trinajstić information content (AvgIpc) is 3.45. The minimum absolute atomic E-state index is 0.112. The lowest BCUT2D eigenvalue weighted by Crippen LogP contribution is -2.43. The highest BCUT2D eigenvalue weighted by atomic mass is 16.5. The van der Waals surface area contributed by atoms with Crippen molar-refractivity contribution in [3.8, 4) is 0 Å². The number of rotatable bonds is 7. The van der Waals surface area contributed by atoms with Crippen molar-refractivity contribution in [1.82, 2.24) is 19.6 Å². The van der Waals surface area contributed by atoms with Gasteiger partial charge in [-0.05, 0) is 30.9 Å². The van der Waals surface area contributed by atoms with Gasteiger partial charge < -0.3 is 9.64 Å². The Bertz CT molecular complexity index is 798. The first-order valence-corrected chi connectivity index (χ1v) is 10.2. The molecule has 0 unspecified atom stereocenters. The van der Waals surface area contributed by atoms with E-state index in [-0.39, 0.29) is 11.8 Å². The summed E-state index contributed by atoms with van der Waals surface area (Å²) in [6.45, 7) is 7.73. The molecule has 4 rings (SSSR count). The zero-order chi connectivity index (χ0) is 19.5. The van der Waals surface area contributed by atoms with Gasteiger partial charge in [0.2, 0.25) is 5.91 Å². The number of hydrogen-bond donors (Lipinski definition) is 0. The SMILES string of the molecule is Cc1cc(CN(CCN2CCOCC2)C(=O)[C@@H]2C[C@H]2c2ccccc2)n(C)n1. The van der Waals surface area contributed by atoms with Crippen LogP contribution in [-0.2, 0) is 23.1 Å². The lowest BCUT2D eigenvalue weighted by Gasteiger charge is -2.30. The Kier molecular flexibility index (Phi) is 5.78. The molecule has 6 heteroatoms. The van der Waals surface area contributed by atoms with E-state index in [1.54, 1.807) is 0 Å². The third-order valence-electron chi connectivity index (χ3n) is 5.89. The highest BCUT2D eigenvalue weighted by molar-refractivity contribution is 5.83. The van der Waals surface area contributed by atoms with Crippen molar-refractivity contribution in [2.75, 3.05) is 39.4 Å². The van der Waals surface area contributed by atoms with Crippen LogP contribution in [0.1, 0.15) is 29.3 Å². The molecule has 1 aliphatic heterocycles. The van der Waals surface area contributed by atoms with Crippen molar-refractivity contribution in [3.05, 3.63) is 53.3 Å². The van der Waals surface area contributed by atoms with Gasteiger partial charge in [-0.15, -0.1) is 0 Å². The van der Waals surface area contributed by atoms with E-state index in [9.17, 15) is 4.79 Å². The molecule has 2 aliphatic rings. The predicted octanol–water partition coefficient (Wildman–Crippen LogP) is 2.19. The first kappa shape index (κ1) is 19.2. The monoisotopic (exact) mass is 382 g/mol. The Balaban J connectivity index is 1.44. The summed E-state index contributed by atoms with van der Waals surface area (Å²) in [5, 5.41) is 4.45. The Morgan fingerprint density at radius 1 is 1.25 bits per heavy atom. The molecule has 150 valence electrons. The van der Waals surface area contributed by atoms with Gasteiger partial charge in [0, 0.05) is 39.1 Å². The molecule has 0 bridgehead atoms. The predicted molar refractivity (Wildman–Crippen MR) is 108 cm³/mol. The number of hydrogen-bond acceptors (Lipinski definition) is 4. The highest BCUT2D eigenvalue weighted by Crippen LogP contribution is 2.48. The second-order valence-corrected chi connectivity index (χ2v) is 7.97. The summed E-state index contributed by atoms with van der Waals surface area (Å²) in [5.41, 5.74) is 3.36. The summed E-state index contributed by atoms with van der Waals surface area (Å²) in [4.78, 5) is 17.8. The Morgan fingerprint density at radius 3 is 2.68 bits per heavy atom. The molecule has 28 heavy (non-hydrogen) atoms. The van der Waals surface area contributed by atoms with E-state index in [2.05, 4.69) is 40.3 Å². The lowest BCUT2D eigenvalue weighted by molar-refractivity contribution is -0.133. The molecule has 0 spiro atoms. The Morgan fingerprint density at radius 2 is 2.00 bits per heavy atom. The third-order valence-corrected chi connectivity index (χ3v) is 5.89. The summed E-state index contributed by atoms with van der Waals surface area (Å²) < 4.78 is 7.34. The van der Waals surface area contributed by atoms with E-state index in [4.69, 9.17) is 4.74 Å². The van der Waals surface area contributed by atoms with Gasteiger partial charge in [0.1, 0.15) is 0 Å². The fourth-order valence-electron chi connectivity index (χ4n) is 4.13. The standard InChI is InChI=1S/C22H30N4O2/c1-17-14-19(24(2)23-17)16-26(9-8-25-10-12-28-13-11-25)22(27)21-15-20(21)18-6-4-3-5-7-18/h3-7,14,20-21H,8-13,15-16H2,1-2H3/t20-,21+/m0/s1. The van der Waals surface area contributed by atoms with Crippen molar-refractivity contribution in [2.24, 2.45) is 13.0 Å². The maximum atomic E-state index is 13.3. The van der Waals surface area contributed by atoms with E-state index in [0.29, 0.717) is 12.5 Å². The first-order valence-electron chi connectivity index (χ1n) is 10.2. The van der Waals surface area contributed by atoms with Crippen LogP contribution < -0.4 is 0 Å². The minimum Gasteiger partial charge on any atom is -0.379 e. The van der Waals surface area contributed by atoms with Gasteiger partial charge in [0.05, 0.1) is 31.1 Å². The number of amides is 1. The number of aryl methyl sites for hydroxylation is 2. The minimum atomic E-state index is 0.112. The zero-order valence-electron chi connectivity index (χ0n) is 16.9. The summed E-state index contributed by atoms with van der Waals surface area (Å²) in [7, 11) is 1.96. The fourth-order valence-corrected chi connectivity index (χ4v) is 4.13. The molecule has 6 nitrogen and oxygen atoms in total. The molecule has 1 saturated carbocycles. The van der Waals surface area contributed by atoms with E-state index < -0.39 is 0 Å². The van der Waals surface area contributed by atoms with Crippen molar-refractivity contribution >= 4 is 5.91 Å². The Hall–Kier alpha value is -2.18. The van der Waals surface area contributed by atoms with Gasteiger partial charge in [-0.1, -0.05) is 30.3 Å². The van der Waals surface area contributed by atoms with Crippen molar-refractivity contribution in [2.45, 2.75) is 25.8 Å². The average molecular weight is 383 g/mol. The maximum absolute atomic E-state index is 13.3. The largest absolute Gasteiger partial charge is 0.379 e. The summed E-state index contributed by atoms with van der Waals surface area (Å²) in [6.07, 6.45) is 0.960. The molecule has 2 atom stereocenters. The van der Waals surface area contributed by atoms with Crippen LogP contribution in [0.5, 0.6) is 0 Å². The smallest absolute Gasteiger partial charge is 0.226 e. The van der Waals surface area contributed by atoms with Gasteiger partial charge in [-0.3, -0.25) is 14.4 Å². The van der Waals surface area contributed by atoms with Crippen LogP contribution in [0.15, 0.2) is 36.4 Å². The zero-order valence-corrected chi connectivity index (χ0v) is 16.9. The molecule has 2 heterocycles. The van der Waals surface area contributed by atoms with Gasteiger partial charge in [-0.2, -0.15) is 5.10 Å². The number of ether oxygens (including phenoxy) is 1. The fraction of sp³-hybridized carbons (Fsp3) is 0.545. The first-order chi connectivity index (χ1) is 13.6. The molecule has 2 aromatic rings. The second-order valence-electron chi connectivity index (χ2n) is 7.97. The van der Waals surface area contributed by atoms with Gasteiger partial charge in [-0.25, -0.2) is 0 Å². The van der Waals surface area contributed by atoms with Gasteiger partial charge >= 0.3 is 0 Å². The van der Waals surface area contributed by atoms with Crippen molar-refractivity contribution < 1.29 is 9.53 Å². The van der Waals surface area contributed by atoms with Crippen LogP contribution in [0.4, 0.5) is 0 Å². The lowest BCUT2D eigenvalue weighted by atomic mass is 10.1. The highest BCUT2D eigenvalue weighted by Gasteiger charge is 2.45. The van der Waals surface area contributed by atoms with Crippen LogP contribution in [0.3, 0.4) is 0 Å².